The van der Waals surface area contributed by atoms with E-state index in [4.69, 9.17) is 4.74 Å². The topological polar surface area (TPSA) is 67.4 Å². The Balaban J connectivity index is 1.43. The standard InChI is InChI=1S/C23H26N2O3/c1-2-28-22(27)13-10-18-8-11-20(12-9-18)24-16-21(26)25-17-23(14-15-23)19-6-4-3-5-7-19/h3-13,24H,2,14-17H2,1H3,(H,25,26)/b13-10+. The maximum Gasteiger partial charge on any atom is 0.330 e. The SMILES string of the molecule is CCOC(=O)/C=C/c1ccc(NCC(=O)NCC2(c3ccccc3)CC2)cc1. The molecule has 2 N–H and O–H groups in total. The number of rotatable bonds is 9. The largest absolute Gasteiger partial charge is 0.463 e. The van der Waals surface area contributed by atoms with Gasteiger partial charge in [0.25, 0.3) is 0 Å². The molecule has 0 bridgehead atoms. The third-order valence-corrected chi connectivity index (χ3v) is 4.93. The van der Waals surface area contributed by atoms with Crippen molar-refractivity contribution < 1.29 is 14.3 Å². The summed E-state index contributed by atoms with van der Waals surface area (Å²) in [5, 5.41) is 6.17. The minimum absolute atomic E-state index is 0.0199. The first-order valence-corrected chi connectivity index (χ1v) is 9.62. The minimum atomic E-state index is -0.356. The van der Waals surface area contributed by atoms with E-state index in [-0.39, 0.29) is 23.8 Å². The molecule has 0 atom stereocenters. The van der Waals surface area contributed by atoms with E-state index >= 15 is 0 Å². The lowest BCUT2D eigenvalue weighted by molar-refractivity contribution is -0.137. The van der Waals surface area contributed by atoms with E-state index in [1.165, 1.54) is 11.6 Å². The fraction of sp³-hybridized carbons (Fsp3) is 0.304. The van der Waals surface area contributed by atoms with Crippen LogP contribution in [0.3, 0.4) is 0 Å². The molecule has 0 radical (unpaired) electrons. The van der Waals surface area contributed by atoms with Gasteiger partial charge in [-0.3, -0.25) is 4.79 Å². The van der Waals surface area contributed by atoms with Crippen LogP contribution in [0.5, 0.6) is 0 Å². The van der Waals surface area contributed by atoms with Gasteiger partial charge in [-0.15, -0.1) is 0 Å². The molecule has 2 aromatic rings. The van der Waals surface area contributed by atoms with Gasteiger partial charge in [0.05, 0.1) is 13.2 Å². The summed E-state index contributed by atoms with van der Waals surface area (Å²) in [6, 6.07) is 17.9. The monoisotopic (exact) mass is 378 g/mol. The van der Waals surface area contributed by atoms with Gasteiger partial charge in [0.2, 0.25) is 5.91 Å². The Hall–Kier alpha value is -3.08. The molecule has 146 valence electrons. The normalized spacial score (nSPS) is 14.5. The maximum atomic E-state index is 12.2. The van der Waals surface area contributed by atoms with Crippen molar-refractivity contribution in [2.24, 2.45) is 0 Å². The van der Waals surface area contributed by atoms with Crippen molar-refractivity contribution in [3.8, 4) is 0 Å². The highest BCUT2D eigenvalue weighted by molar-refractivity contribution is 5.87. The van der Waals surface area contributed by atoms with Gasteiger partial charge in [0, 0.05) is 23.7 Å². The van der Waals surface area contributed by atoms with Crippen LogP contribution in [0.2, 0.25) is 0 Å². The van der Waals surface area contributed by atoms with Crippen molar-refractivity contribution >= 4 is 23.6 Å². The summed E-state index contributed by atoms with van der Waals surface area (Å²) in [5.74, 6) is -0.376. The molecule has 1 saturated carbocycles. The molecule has 0 aliphatic heterocycles. The van der Waals surface area contributed by atoms with Crippen LogP contribution in [-0.2, 0) is 19.7 Å². The Bertz CT molecular complexity index is 825. The Morgan fingerprint density at radius 3 is 2.43 bits per heavy atom. The summed E-state index contributed by atoms with van der Waals surface area (Å²) in [5.41, 5.74) is 3.16. The second-order valence-corrected chi connectivity index (χ2v) is 6.98. The molecule has 0 unspecified atom stereocenters. The van der Waals surface area contributed by atoms with Gasteiger partial charge in [-0.25, -0.2) is 4.79 Å². The highest BCUT2D eigenvalue weighted by Gasteiger charge is 2.44. The number of esters is 1. The van der Waals surface area contributed by atoms with Gasteiger partial charge in [-0.2, -0.15) is 0 Å². The summed E-state index contributed by atoms with van der Waals surface area (Å²) in [4.78, 5) is 23.5. The molecule has 0 heterocycles. The van der Waals surface area contributed by atoms with Gasteiger partial charge in [0.1, 0.15) is 0 Å². The Morgan fingerprint density at radius 2 is 1.79 bits per heavy atom. The number of nitrogens with one attached hydrogen (secondary N) is 2. The minimum Gasteiger partial charge on any atom is -0.463 e. The van der Waals surface area contributed by atoms with Crippen LogP contribution in [0.1, 0.15) is 30.9 Å². The van der Waals surface area contributed by atoms with Gasteiger partial charge >= 0.3 is 5.97 Å². The number of carbonyl (C=O) groups is 2. The summed E-state index contributed by atoms with van der Waals surface area (Å²) in [7, 11) is 0. The van der Waals surface area contributed by atoms with E-state index in [0.29, 0.717) is 13.2 Å². The molecular formula is C23H26N2O3. The third-order valence-electron chi connectivity index (χ3n) is 4.93. The molecule has 5 nitrogen and oxygen atoms in total. The molecule has 1 aliphatic rings. The first-order valence-electron chi connectivity index (χ1n) is 9.62. The zero-order chi connectivity index (χ0) is 19.8. The molecule has 0 aromatic heterocycles. The first kappa shape index (κ1) is 19.7. The van der Waals surface area contributed by atoms with Crippen molar-refractivity contribution in [2.75, 3.05) is 25.0 Å². The third kappa shape index (κ3) is 5.46. The van der Waals surface area contributed by atoms with E-state index in [2.05, 4.69) is 22.8 Å². The number of amides is 1. The zero-order valence-electron chi connectivity index (χ0n) is 16.1. The van der Waals surface area contributed by atoms with Gasteiger partial charge < -0.3 is 15.4 Å². The van der Waals surface area contributed by atoms with Crippen molar-refractivity contribution in [3.63, 3.8) is 0 Å². The lowest BCUT2D eigenvalue weighted by atomic mass is 9.96. The number of carbonyl (C=O) groups excluding carboxylic acids is 2. The van der Waals surface area contributed by atoms with Crippen LogP contribution in [0.15, 0.2) is 60.7 Å². The van der Waals surface area contributed by atoms with Gasteiger partial charge in [-0.05, 0) is 49.1 Å². The van der Waals surface area contributed by atoms with Crippen molar-refractivity contribution in [3.05, 3.63) is 71.8 Å². The fourth-order valence-corrected chi connectivity index (χ4v) is 3.09. The molecule has 2 aromatic carbocycles. The van der Waals surface area contributed by atoms with Gasteiger partial charge in [0.15, 0.2) is 0 Å². The summed E-state index contributed by atoms with van der Waals surface area (Å²) in [6.07, 6.45) is 5.34. The Labute approximate surface area is 165 Å². The quantitative estimate of drug-likeness (QED) is 0.517. The predicted molar refractivity (Wildman–Crippen MR) is 111 cm³/mol. The molecule has 1 amide bonds. The van der Waals surface area contributed by atoms with Crippen LogP contribution >= 0.6 is 0 Å². The molecule has 1 aliphatic carbocycles. The van der Waals surface area contributed by atoms with E-state index in [1.807, 2.05) is 42.5 Å². The maximum absolute atomic E-state index is 12.2. The Morgan fingerprint density at radius 1 is 1.07 bits per heavy atom. The zero-order valence-corrected chi connectivity index (χ0v) is 16.1. The molecule has 3 rings (SSSR count). The van der Waals surface area contributed by atoms with Crippen LogP contribution in [0.25, 0.3) is 6.08 Å². The van der Waals surface area contributed by atoms with Crippen molar-refractivity contribution in [1.82, 2.24) is 5.32 Å². The molecule has 1 fully saturated rings. The average molecular weight is 378 g/mol. The number of ether oxygens (including phenoxy) is 1. The van der Waals surface area contributed by atoms with Gasteiger partial charge in [-0.1, -0.05) is 42.5 Å². The Kier molecular flexibility index (Phi) is 6.48. The average Bonchev–Trinajstić information content (AvgIpc) is 3.52. The number of anilines is 1. The molecular weight excluding hydrogens is 352 g/mol. The van der Waals surface area contributed by atoms with E-state index < -0.39 is 0 Å². The highest BCUT2D eigenvalue weighted by atomic mass is 16.5. The van der Waals surface area contributed by atoms with Crippen LogP contribution in [0.4, 0.5) is 5.69 Å². The lowest BCUT2D eigenvalue weighted by Gasteiger charge is -2.17. The first-order chi connectivity index (χ1) is 13.6. The molecule has 28 heavy (non-hydrogen) atoms. The summed E-state index contributed by atoms with van der Waals surface area (Å²) >= 11 is 0. The molecule has 5 heteroatoms. The van der Waals surface area contributed by atoms with Crippen LogP contribution < -0.4 is 10.6 Å². The number of hydrogen-bond donors (Lipinski definition) is 2. The van der Waals surface area contributed by atoms with Crippen LogP contribution in [0, 0.1) is 0 Å². The van der Waals surface area contributed by atoms with E-state index in [9.17, 15) is 9.59 Å². The summed E-state index contributed by atoms with van der Waals surface area (Å²) in [6.45, 7) is 3.03. The van der Waals surface area contributed by atoms with E-state index in [0.717, 1.165) is 24.1 Å². The highest BCUT2D eigenvalue weighted by Crippen LogP contribution is 2.47. The fourth-order valence-electron chi connectivity index (χ4n) is 3.09. The lowest BCUT2D eigenvalue weighted by Crippen LogP contribution is -2.35. The molecule has 0 saturated heterocycles. The predicted octanol–water partition coefficient (Wildman–Crippen LogP) is 3.52. The van der Waals surface area contributed by atoms with E-state index in [1.54, 1.807) is 13.0 Å². The number of benzene rings is 2. The van der Waals surface area contributed by atoms with Crippen molar-refractivity contribution in [1.29, 1.82) is 0 Å². The second-order valence-electron chi connectivity index (χ2n) is 6.98. The van der Waals surface area contributed by atoms with Crippen LogP contribution in [-0.4, -0.2) is 31.6 Å². The summed E-state index contributed by atoms with van der Waals surface area (Å²) < 4.78 is 4.85. The van der Waals surface area contributed by atoms with Crippen molar-refractivity contribution in [2.45, 2.75) is 25.2 Å². The second kappa shape index (κ2) is 9.22. The molecule has 0 spiro atoms. The number of hydrogen-bond acceptors (Lipinski definition) is 4. The smallest absolute Gasteiger partial charge is 0.330 e.